The molecule has 0 heteroatoms. The second kappa shape index (κ2) is 3.71. The first kappa shape index (κ1) is 11.5. The smallest absolute Gasteiger partial charge is 0.00133 e. The first-order chi connectivity index (χ1) is 8.48. The van der Waals surface area contributed by atoms with Gasteiger partial charge in [-0.25, -0.2) is 0 Å². The van der Waals surface area contributed by atoms with E-state index in [1.54, 1.807) is 0 Å². The molecule has 2 aromatic rings. The SMILES string of the molecule is Cc1ccc2c(c1C(C)(C)C)-c1ccccc1C2. The first-order valence-corrected chi connectivity index (χ1v) is 6.70. The summed E-state index contributed by atoms with van der Waals surface area (Å²) in [7, 11) is 0. The van der Waals surface area contributed by atoms with Gasteiger partial charge in [0.05, 0.1) is 0 Å². The molecule has 0 aromatic heterocycles. The highest BCUT2D eigenvalue weighted by atomic mass is 14.3. The summed E-state index contributed by atoms with van der Waals surface area (Å²) in [5, 5.41) is 0. The molecule has 0 spiro atoms. The molecule has 92 valence electrons. The van der Waals surface area contributed by atoms with E-state index in [1.165, 1.54) is 33.4 Å². The van der Waals surface area contributed by atoms with Crippen LogP contribution in [0, 0.1) is 6.92 Å². The number of hydrogen-bond acceptors (Lipinski definition) is 0. The lowest BCUT2D eigenvalue weighted by Crippen LogP contribution is -2.15. The van der Waals surface area contributed by atoms with E-state index in [-0.39, 0.29) is 5.41 Å². The molecular weight excluding hydrogens is 216 g/mol. The van der Waals surface area contributed by atoms with E-state index in [1.807, 2.05) is 0 Å². The van der Waals surface area contributed by atoms with Gasteiger partial charge in [0.15, 0.2) is 0 Å². The van der Waals surface area contributed by atoms with Gasteiger partial charge in [0.1, 0.15) is 0 Å². The maximum Gasteiger partial charge on any atom is -0.00133 e. The van der Waals surface area contributed by atoms with Gasteiger partial charge >= 0.3 is 0 Å². The monoisotopic (exact) mass is 236 g/mol. The third-order valence-corrected chi connectivity index (χ3v) is 3.92. The molecule has 3 rings (SSSR count). The molecule has 0 radical (unpaired) electrons. The molecule has 0 saturated carbocycles. The summed E-state index contributed by atoms with van der Waals surface area (Å²) in [6, 6.07) is 13.4. The van der Waals surface area contributed by atoms with Crippen molar-refractivity contribution in [2.45, 2.75) is 39.5 Å². The van der Waals surface area contributed by atoms with Gasteiger partial charge in [0.2, 0.25) is 0 Å². The summed E-state index contributed by atoms with van der Waals surface area (Å²) in [6.45, 7) is 9.19. The third kappa shape index (κ3) is 1.59. The van der Waals surface area contributed by atoms with Crippen LogP contribution in [-0.4, -0.2) is 0 Å². The summed E-state index contributed by atoms with van der Waals surface area (Å²) >= 11 is 0. The van der Waals surface area contributed by atoms with Crippen LogP contribution >= 0.6 is 0 Å². The Morgan fingerprint density at radius 1 is 0.889 bits per heavy atom. The van der Waals surface area contributed by atoms with Crippen molar-refractivity contribution < 1.29 is 0 Å². The minimum atomic E-state index is 0.201. The second-order valence-corrected chi connectivity index (χ2v) is 6.38. The Labute approximate surface area is 110 Å². The van der Waals surface area contributed by atoms with Crippen LogP contribution in [0.4, 0.5) is 0 Å². The third-order valence-electron chi connectivity index (χ3n) is 3.92. The van der Waals surface area contributed by atoms with Crippen molar-refractivity contribution >= 4 is 0 Å². The second-order valence-electron chi connectivity index (χ2n) is 6.38. The predicted molar refractivity (Wildman–Crippen MR) is 78.1 cm³/mol. The molecular formula is C18H20. The van der Waals surface area contributed by atoms with Crippen molar-refractivity contribution in [1.82, 2.24) is 0 Å². The van der Waals surface area contributed by atoms with Crippen molar-refractivity contribution in [2.75, 3.05) is 0 Å². The van der Waals surface area contributed by atoms with Crippen molar-refractivity contribution in [3.8, 4) is 11.1 Å². The molecule has 2 aromatic carbocycles. The number of fused-ring (bicyclic) bond motifs is 3. The maximum atomic E-state index is 2.32. The summed E-state index contributed by atoms with van der Waals surface area (Å²) < 4.78 is 0. The van der Waals surface area contributed by atoms with E-state index in [0.717, 1.165) is 6.42 Å². The molecule has 0 N–H and O–H groups in total. The van der Waals surface area contributed by atoms with Gasteiger partial charge < -0.3 is 0 Å². The van der Waals surface area contributed by atoms with Gasteiger partial charge in [0.25, 0.3) is 0 Å². The molecule has 18 heavy (non-hydrogen) atoms. The zero-order chi connectivity index (χ0) is 12.9. The fraction of sp³-hybridized carbons (Fsp3) is 0.333. The van der Waals surface area contributed by atoms with E-state index in [4.69, 9.17) is 0 Å². The van der Waals surface area contributed by atoms with E-state index in [9.17, 15) is 0 Å². The first-order valence-electron chi connectivity index (χ1n) is 6.70. The summed E-state index contributed by atoms with van der Waals surface area (Å²) in [5.74, 6) is 0. The molecule has 0 unspecified atom stereocenters. The number of hydrogen-bond donors (Lipinski definition) is 0. The Kier molecular flexibility index (Phi) is 2.38. The van der Waals surface area contributed by atoms with Gasteiger partial charge in [-0.3, -0.25) is 0 Å². The van der Waals surface area contributed by atoms with Crippen LogP contribution in [0.15, 0.2) is 36.4 Å². The summed E-state index contributed by atoms with van der Waals surface area (Å²) in [6.07, 6.45) is 1.09. The summed E-state index contributed by atoms with van der Waals surface area (Å²) in [5.41, 5.74) is 9.05. The minimum absolute atomic E-state index is 0.201. The van der Waals surface area contributed by atoms with Crippen molar-refractivity contribution in [2.24, 2.45) is 0 Å². The van der Waals surface area contributed by atoms with Crippen LogP contribution in [0.25, 0.3) is 11.1 Å². The molecule has 1 aliphatic rings. The Balaban J connectivity index is 2.36. The van der Waals surface area contributed by atoms with Crippen LogP contribution in [0.5, 0.6) is 0 Å². The Bertz CT molecular complexity index is 612. The Hall–Kier alpha value is -1.56. The van der Waals surface area contributed by atoms with E-state index < -0.39 is 0 Å². The lowest BCUT2D eigenvalue weighted by molar-refractivity contribution is 0.587. The van der Waals surface area contributed by atoms with E-state index in [2.05, 4.69) is 64.1 Å². The normalized spacial score (nSPS) is 13.3. The summed E-state index contributed by atoms with van der Waals surface area (Å²) in [4.78, 5) is 0. The maximum absolute atomic E-state index is 2.32. The Morgan fingerprint density at radius 3 is 2.33 bits per heavy atom. The molecule has 0 bridgehead atoms. The van der Waals surface area contributed by atoms with Crippen molar-refractivity contribution in [1.29, 1.82) is 0 Å². The van der Waals surface area contributed by atoms with Gasteiger partial charge in [0, 0.05) is 0 Å². The standard InChI is InChI=1S/C18H20/c1-12-9-10-14-11-13-7-5-6-8-15(13)16(14)17(12)18(2,3)4/h5-10H,11H2,1-4H3. The van der Waals surface area contributed by atoms with Crippen LogP contribution in [0.1, 0.15) is 43.0 Å². The molecule has 0 amide bonds. The van der Waals surface area contributed by atoms with Crippen molar-refractivity contribution in [3.05, 3.63) is 58.7 Å². The fourth-order valence-corrected chi connectivity index (χ4v) is 3.29. The quantitative estimate of drug-likeness (QED) is 0.522. The van der Waals surface area contributed by atoms with Crippen LogP contribution < -0.4 is 0 Å². The topological polar surface area (TPSA) is 0 Å². The lowest BCUT2D eigenvalue weighted by atomic mass is 9.79. The number of benzene rings is 2. The van der Waals surface area contributed by atoms with E-state index in [0.29, 0.717) is 0 Å². The van der Waals surface area contributed by atoms with E-state index >= 15 is 0 Å². The van der Waals surface area contributed by atoms with Crippen molar-refractivity contribution in [3.63, 3.8) is 0 Å². The lowest BCUT2D eigenvalue weighted by Gasteiger charge is -2.25. The average Bonchev–Trinajstić information content (AvgIpc) is 2.66. The molecule has 1 aliphatic carbocycles. The van der Waals surface area contributed by atoms with Crippen LogP contribution in [0.2, 0.25) is 0 Å². The molecule has 0 aliphatic heterocycles. The zero-order valence-corrected chi connectivity index (χ0v) is 11.7. The van der Waals surface area contributed by atoms with Crippen LogP contribution in [-0.2, 0) is 11.8 Å². The number of aryl methyl sites for hydroxylation is 1. The highest BCUT2D eigenvalue weighted by Gasteiger charge is 2.27. The average molecular weight is 236 g/mol. The molecule has 0 fully saturated rings. The molecule has 0 atom stereocenters. The van der Waals surface area contributed by atoms with Crippen LogP contribution in [0.3, 0.4) is 0 Å². The molecule has 0 nitrogen and oxygen atoms in total. The number of rotatable bonds is 0. The molecule has 0 saturated heterocycles. The zero-order valence-electron chi connectivity index (χ0n) is 11.7. The highest BCUT2D eigenvalue weighted by Crippen LogP contribution is 2.44. The predicted octanol–water partition coefficient (Wildman–Crippen LogP) is 4.86. The largest absolute Gasteiger partial charge is 0.0619 e. The fourth-order valence-electron chi connectivity index (χ4n) is 3.29. The highest BCUT2D eigenvalue weighted by molar-refractivity contribution is 5.81. The Morgan fingerprint density at radius 2 is 1.61 bits per heavy atom. The minimum Gasteiger partial charge on any atom is -0.0619 e. The van der Waals surface area contributed by atoms with Gasteiger partial charge in [-0.15, -0.1) is 0 Å². The van der Waals surface area contributed by atoms with Gasteiger partial charge in [-0.2, -0.15) is 0 Å². The van der Waals surface area contributed by atoms with Gasteiger partial charge in [-0.05, 0) is 52.1 Å². The molecule has 0 heterocycles. The van der Waals surface area contributed by atoms with Gasteiger partial charge in [-0.1, -0.05) is 57.2 Å².